The first kappa shape index (κ1) is 58.3. The molecule has 18 heteroatoms. The fourth-order valence-electron chi connectivity index (χ4n) is 3.86. The van der Waals surface area contributed by atoms with Gasteiger partial charge in [0.15, 0.2) is 0 Å². The number of aliphatic imine (C=N–C) groups is 3. The number of rotatable bonds is 17. The van der Waals surface area contributed by atoms with Gasteiger partial charge >= 0.3 is 6.18 Å². The Balaban J connectivity index is -0.000000559. The lowest BCUT2D eigenvalue weighted by molar-refractivity contribution is -0.138. The number of likely N-dealkylation sites (N-methyl/N-ethyl adjacent to an activating group) is 1. The summed E-state index contributed by atoms with van der Waals surface area (Å²) in [6.45, 7) is 21.0. The third kappa shape index (κ3) is 31.9. The van der Waals surface area contributed by atoms with Crippen LogP contribution in [0.2, 0.25) is 5.02 Å². The molecule has 0 aliphatic carbocycles. The molecule has 7 N–H and O–H groups in total. The fourth-order valence-corrected chi connectivity index (χ4v) is 4.12. The molecule has 0 saturated carbocycles. The first-order valence-electron chi connectivity index (χ1n) is 17.1. The van der Waals surface area contributed by atoms with Gasteiger partial charge in [-0.3, -0.25) is 29.4 Å². The van der Waals surface area contributed by atoms with E-state index in [4.69, 9.17) is 21.4 Å². The number of nitrogens with one attached hydrogen (secondary N) is 2. The van der Waals surface area contributed by atoms with Crippen molar-refractivity contribution in [3.05, 3.63) is 58.6 Å². The highest BCUT2D eigenvalue weighted by atomic mass is 35.5. The van der Waals surface area contributed by atoms with E-state index in [0.717, 1.165) is 12.7 Å². The maximum absolute atomic E-state index is 12.7. The van der Waals surface area contributed by atoms with Crippen LogP contribution < -0.4 is 26.8 Å². The Bertz CT molecular complexity index is 1360. The van der Waals surface area contributed by atoms with Crippen LogP contribution in [0.1, 0.15) is 57.0 Å². The van der Waals surface area contributed by atoms with Crippen molar-refractivity contribution < 1.29 is 42.1 Å². The molecule has 0 spiro atoms. The van der Waals surface area contributed by atoms with Crippen molar-refractivity contribution in [2.45, 2.75) is 59.4 Å². The number of aliphatic hydroxyl groups excluding tert-OH is 1. The van der Waals surface area contributed by atoms with Gasteiger partial charge in [-0.2, -0.15) is 13.2 Å². The molecule has 0 unspecified atom stereocenters. The fraction of sp³-hybridized carbons (Fsp3) is 0.526. The first-order valence-corrected chi connectivity index (χ1v) is 17.5. The molecule has 0 aliphatic rings. The van der Waals surface area contributed by atoms with Crippen molar-refractivity contribution >= 4 is 55.7 Å². The minimum Gasteiger partial charge on any atom is -0.492 e. The molecule has 0 radical (unpaired) electrons. The number of carbonyl (C=O) groups is 3. The monoisotopic (exact) mass is 820 g/mol. The van der Waals surface area contributed by atoms with Gasteiger partial charge in [0.25, 0.3) is 12.4 Å². The second kappa shape index (κ2) is 33.9. The molecule has 2 aromatic carbocycles. The molecule has 56 heavy (non-hydrogen) atoms. The highest BCUT2D eigenvalue weighted by Crippen LogP contribution is 2.26. The summed E-state index contributed by atoms with van der Waals surface area (Å²) in [7, 11) is 5.74. The van der Waals surface area contributed by atoms with E-state index in [9.17, 15) is 27.6 Å². The van der Waals surface area contributed by atoms with E-state index in [0.29, 0.717) is 67.7 Å². The van der Waals surface area contributed by atoms with Gasteiger partial charge < -0.3 is 41.6 Å². The van der Waals surface area contributed by atoms with Crippen LogP contribution in [0.25, 0.3) is 0 Å². The van der Waals surface area contributed by atoms with Crippen LogP contribution >= 0.6 is 11.6 Å². The van der Waals surface area contributed by atoms with Crippen LogP contribution in [0.15, 0.2) is 57.4 Å². The van der Waals surface area contributed by atoms with Crippen molar-refractivity contribution in [3.63, 3.8) is 0 Å². The summed E-state index contributed by atoms with van der Waals surface area (Å²) in [6, 6.07) is 12.5. The summed E-state index contributed by atoms with van der Waals surface area (Å²) in [5, 5.41) is 13.4. The van der Waals surface area contributed by atoms with Crippen LogP contribution in [-0.4, -0.2) is 128 Å². The zero-order valence-corrected chi connectivity index (χ0v) is 35.1. The summed E-state index contributed by atoms with van der Waals surface area (Å²) in [5.74, 6) is 0.410. The summed E-state index contributed by atoms with van der Waals surface area (Å²) >= 11 is 6.30. The molecule has 320 valence electrons. The van der Waals surface area contributed by atoms with E-state index in [2.05, 4.69) is 62.0 Å². The lowest BCUT2D eigenvalue weighted by Gasteiger charge is -2.33. The van der Waals surface area contributed by atoms with E-state index < -0.39 is 12.7 Å². The molecule has 0 aliphatic heterocycles. The number of nitrogens with zero attached hydrogens (tertiary/aromatic N) is 4. The molecule has 0 fully saturated rings. The van der Waals surface area contributed by atoms with E-state index in [1.807, 2.05) is 52.8 Å². The summed E-state index contributed by atoms with van der Waals surface area (Å²) < 4.78 is 43.2. The average Bonchev–Trinajstić information content (AvgIpc) is 3.15. The minimum atomic E-state index is -4.18. The number of hydrogen-bond donors (Lipinski definition) is 5. The van der Waals surface area contributed by atoms with Gasteiger partial charge in [0.2, 0.25) is 5.91 Å². The molecule has 0 atom stereocenters. The lowest BCUT2D eigenvalue weighted by atomic mass is 9.92. The molecule has 0 bridgehead atoms. The van der Waals surface area contributed by atoms with Crippen LogP contribution in [0.3, 0.4) is 0 Å². The molecular formula is C38H64ClF3N8O6. The Hall–Kier alpha value is -4.42. The van der Waals surface area contributed by atoms with Gasteiger partial charge in [-0.05, 0) is 116 Å². The smallest absolute Gasteiger partial charge is 0.407 e. The number of halogens is 4. The molecule has 2 aromatic rings. The van der Waals surface area contributed by atoms with E-state index in [1.54, 1.807) is 36.2 Å². The number of carbonyl (C=O) groups excluding carboxylic acids is 3. The summed E-state index contributed by atoms with van der Waals surface area (Å²) in [5.41, 5.74) is 10.6. The van der Waals surface area contributed by atoms with Crippen LogP contribution in [0.4, 0.5) is 18.9 Å². The van der Waals surface area contributed by atoms with Crippen LogP contribution in [-0.2, 0) is 20.9 Å². The predicted octanol–water partition coefficient (Wildman–Crippen LogP) is 5.11. The highest BCUT2D eigenvalue weighted by molar-refractivity contribution is 6.32. The van der Waals surface area contributed by atoms with Gasteiger partial charge in [0.1, 0.15) is 17.9 Å². The van der Waals surface area contributed by atoms with Gasteiger partial charge in [-0.25, -0.2) is 0 Å². The quantitative estimate of drug-likeness (QED) is 0.0816. The van der Waals surface area contributed by atoms with Crippen molar-refractivity contribution in [2.75, 3.05) is 67.6 Å². The molecule has 14 nitrogen and oxygen atoms in total. The van der Waals surface area contributed by atoms with Crippen molar-refractivity contribution in [1.29, 1.82) is 0 Å². The van der Waals surface area contributed by atoms with Crippen molar-refractivity contribution in [3.8, 4) is 5.75 Å². The normalized spacial score (nSPS) is 10.1. The maximum atomic E-state index is 12.7. The standard InChI is InChI=1S/C27H36ClN5O3.C5H10O2.C3H4F3N.2CH5N.CH4O/c1-27(2,18-32-26(35)21-8-10-22(31-5)11-9-21)19-33(25(34)17-30-4)13-6-14-36-24-12-7-20(16-29-3)15-23(24)28;1-5(2,3)7-4-6;1-7-2-3(4,5)6;3*1-2/h7-12,15,30H,3,5-6,13-14,16-19H2,1-2,4H3,(H,32,35);4H,1-3H3;1-2H2;2*2H2,1H3;2H,1H3. The van der Waals surface area contributed by atoms with Gasteiger partial charge in [0.05, 0.1) is 30.4 Å². The SMILES string of the molecule is C=NCC(F)(F)F.C=NCc1ccc(OCCCN(CC(C)(C)CNC(=O)c2ccc(N=C)cc2)C(=O)CNC)c(Cl)c1.CC(C)(C)OC=O.CN.CN.CO. The Labute approximate surface area is 336 Å². The number of aliphatic hydroxyl groups is 1. The largest absolute Gasteiger partial charge is 0.492 e. The molecule has 2 rings (SSSR count). The van der Waals surface area contributed by atoms with E-state index in [-0.39, 0.29) is 29.4 Å². The number of amides is 2. The Morgan fingerprint density at radius 2 is 1.54 bits per heavy atom. The molecule has 0 saturated heterocycles. The highest BCUT2D eigenvalue weighted by Gasteiger charge is 2.26. The number of benzene rings is 2. The summed E-state index contributed by atoms with van der Waals surface area (Å²) in [6.07, 6.45) is -3.55. The average molecular weight is 821 g/mol. The number of ether oxygens (including phenoxy) is 2. The van der Waals surface area contributed by atoms with Gasteiger partial charge in [-0.1, -0.05) is 31.5 Å². The Kier molecular flexibility index (Phi) is 35.3. The third-order valence-electron chi connectivity index (χ3n) is 6.15. The van der Waals surface area contributed by atoms with Gasteiger partial charge in [-0.15, -0.1) is 0 Å². The zero-order valence-electron chi connectivity index (χ0n) is 34.3. The maximum Gasteiger partial charge on any atom is 0.407 e. The van der Waals surface area contributed by atoms with Crippen LogP contribution in [0.5, 0.6) is 5.75 Å². The number of alkyl halides is 3. The van der Waals surface area contributed by atoms with Crippen molar-refractivity contribution in [2.24, 2.45) is 31.9 Å². The molecule has 0 heterocycles. The number of nitrogens with two attached hydrogens (primary N) is 2. The first-order chi connectivity index (χ1) is 26.3. The van der Waals surface area contributed by atoms with E-state index in [1.165, 1.54) is 14.1 Å². The van der Waals surface area contributed by atoms with Crippen LogP contribution in [0, 0.1) is 5.41 Å². The second-order valence-electron chi connectivity index (χ2n) is 12.6. The third-order valence-corrected chi connectivity index (χ3v) is 6.45. The van der Waals surface area contributed by atoms with E-state index >= 15 is 0 Å². The second-order valence-corrected chi connectivity index (χ2v) is 13.0. The topological polar surface area (TPSA) is 206 Å². The lowest BCUT2D eigenvalue weighted by Crippen LogP contribution is -2.47. The van der Waals surface area contributed by atoms with Crippen molar-refractivity contribution in [1.82, 2.24) is 15.5 Å². The zero-order chi connectivity index (χ0) is 44.4. The Morgan fingerprint density at radius 3 is 1.93 bits per heavy atom. The molecular weight excluding hydrogens is 757 g/mol. The predicted molar refractivity (Wildman–Crippen MR) is 223 cm³/mol. The van der Waals surface area contributed by atoms with Gasteiger partial charge in [0, 0.05) is 32.3 Å². The summed E-state index contributed by atoms with van der Waals surface area (Å²) in [4.78, 5) is 47.0. The molecule has 0 aromatic heterocycles. The molecule has 2 amide bonds. The minimum absolute atomic E-state index is 0.0104. The number of hydrogen-bond acceptors (Lipinski definition) is 12. The Morgan fingerprint density at radius 1 is 0.964 bits per heavy atom.